The predicted molar refractivity (Wildman–Crippen MR) is 80.0 cm³/mol. The van der Waals surface area contributed by atoms with Crippen LogP contribution in [-0.2, 0) is 19.8 Å². The first-order chi connectivity index (χ1) is 9.94. The van der Waals surface area contributed by atoms with Crippen molar-refractivity contribution in [3.63, 3.8) is 0 Å². The Kier molecular flexibility index (Phi) is 6.39. The molecule has 1 rings (SSSR count). The Morgan fingerprint density at radius 2 is 1.86 bits per heavy atom. The molecule has 0 amide bonds. The minimum atomic E-state index is -3.86. The molecule has 0 atom stereocenters. The molecule has 0 aliphatic rings. The van der Waals surface area contributed by atoms with Gasteiger partial charge in [0.05, 0.1) is 7.11 Å². The Morgan fingerprint density at radius 3 is 2.43 bits per heavy atom. The van der Waals surface area contributed by atoms with Crippen LogP contribution in [0.2, 0.25) is 0 Å². The second-order valence-electron chi connectivity index (χ2n) is 4.02. The molecule has 116 valence electrons. The van der Waals surface area contributed by atoms with Gasteiger partial charge in [-0.3, -0.25) is 0 Å². The van der Waals surface area contributed by atoms with Crippen molar-refractivity contribution in [2.45, 2.75) is 13.8 Å². The fourth-order valence-electron chi connectivity index (χ4n) is 1.63. The van der Waals surface area contributed by atoms with E-state index in [9.17, 15) is 13.2 Å². The van der Waals surface area contributed by atoms with Gasteiger partial charge in [0.1, 0.15) is 0 Å². The van der Waals surface area contributed by atoms with E-state index in [2.05, 4.69) is 4.74 Å². The highest BCUT2D eigenvalue weighted by molar-refractivity contribution is 7.84. The maximum Gasteiger partial charge on any atom is 0.385 e. The van der Waals surface area contributed by atoms with Crippen LogP contribution in [0.5, 0.6) is 5.75 Å². The van der Waals surface area contributed by atoms with Gasteiger partial charge >= 0.3 is 16.3 Å². The predicted octanol–water partition coefficient (Wildman–Crippen LogP) is 1.84. The summed E-state index contributed by atoms with van der Waals surface area (Å²) in [6.45, 7) is 4.10. The molecule has 0 bridgehead atoms. The summed E-state index contributed by atoms with van der Waals surface area (Å²) < 4.78 is 35.0. The summed E-state index contributed by atoms with van der Waals surface area (Å²) in [6, 6.07) is 6.54. The maximum atomic E-state index is 12.1. The quantitative estimate of drug-likeness (QED) is 0.567. The van der Waals surface area contributed by atoms with Gasteiger partial charge in [0, 0.05) is 24.7 Å². The second kappa shape index (κ2) is 7.80. The average molecular weight is 313 g/mol. The molecule has 0 aliphatic carbocycles. The van der Waals surface area contributed by atoms with Crippen LogP contribution in [0, 0.1) is 0 Å². The molecular weight excluding hydrogens is 294 g/mol. The molecule has 0 N–H and O–H groups in total. The fraction of sp³-hybridized carbons (Fsp3) is 0.357. The lowest BCUT2D eigenvalue weighted by molar-refractivity contribution is -0.134. The van der Waals surface area contributed by atoms with E-state index in [0.29, 0.717) is 18.7 Å². The number of carbonyl (C=O) groups excluding carboxylic acids is 1. The lowest BCUT2D eigenvalue weighted by Gasteiger charge is -2.18. The summed E-state index contributed by atoms with van der Waals surface area (Å²) in [7, 11) is -2.60. The summed E-state index contributed by atoms with van der Waals surface area (Å²) >= 11 is 0. The van der Waals surface area contributed by atoms with Crippen LogP contribution >= 0.6 is 0 Å². The minimum absolute atomic E-state index is 0.157. The number of hydrogen-bond donors (Lipinski definition) is 0. The Hall–Kier alpha value is -1.86. The van der Waals surface area contributed by atoms with Gasteiger partial charge in [-0.05, 0) is 12.1 Å². The van der Waals surface area contributed by atoms with Crippen molar-refractivity contribution < 1.29 is 22.1 Å². The van der Waals surface area contributed by atoms with Crippen molar-refractivity contribution in [2.75, 3.05) is 20.2 Å². The number of ether oxygens (including phenoxy) is 1. The van der Waals surface area contributed by atoms with E-state index in [1.807, 2.05) is 0 Å². The third-order valence-electron chi connectivity index (χ3n) is 2.74. The number of methoxy groups -OCH3 is 1. The third kappa shape index (κ3) is 4.87. The van der Waals surface area contributed by atoms with Gasteiger partial charge in [0.15, 0.2) is 5.75 Å². The van der Waals surface area contributed by atoms with Crippen molar-refractivity contribution in [1.29, 1.82) is 0 Å². The maximum absolute atomic E-state index is 12.1. The first-order valence-electron chi connectivity index (χ1n) is 6.49. The number of nitrogens with zero attached hydrogens (tertiary/aromatic N) is 1. The molecule has 0 unspecified atom stereocenters. The molecule has 0 saturated carbocycles. The van der Waals surface area contributed by atoms with E-state index in [4.69, 9.17) is 4.18 Å². The average Bonchev–Trinajstić information content (AvgIpc) is 2.46. The molecule has 0 radical (unpaired) electrons. The number of benzene rings is 1. The van der Waals surface area contributed by atoms with Crippen molar-refractivity contribution in [3.05, 3.63) is 35.9 Å². The number of carbonyl (C=O) groups is 1. The Labute approximate surface area is 125 Å². The SMILES string of the molecule is CCN(CC)S(=O)(=O)Oc1ccccc1/C=C/C(=O)OC. The largest absolute Gasteiger partial charge is 0.466 e. The van der Waals surface area contributed by atoms with Crippen molar-refractivity contribution in [2.24, 2.45) is 0 Å². The molecule has 0 aliphatic heterocycles. The van der Waals surface area contributed by atoms with E-state index in [0.717, 1.165) is 0 Å². The van der Waals surface area contributed by atoms with Crippen LogP contribution in [0.25, 0.3) is 6.08 Å². The Bertz CT molecular complexity index is 606. The van der Waals surface area contributed by atoms with E-state index < -0.39 is 16.3 Å². The number of para-hydroxylation sites is 1. The second-order valence-corrected chi connectivity index (χ2v) is 5.56. The lowest BCUT2D eigenvalue weighted by Crippen LogP contribution is -2.34. The molecule has 6 nitrogen and oxygen atoms in total. The zero-order valence-corrected chi connectivity index (χ0v) is 13.1. The molecule has 0 heterocycles. The summed E-state index contributed by atoms with van der Waals surface area (Å²) in [5.41, 5.74) is 0.471. The minimum Gasteiger partial charge on any atom is -0.466 e. The summed E-state index contributed by atoms with van der Waals surface area (Å²) in [6.07, 6.45) is 2.64. The van der Waals surface area contributed by atoms with E-state index in [1.54, 1.807) is 32.0 Å². The van der Waals surface area contributed by atoms with Crippen molar-refractivity contribution >= 4 is 22.3 Å². The molecule has 0 saturated heterocycles. The first kappa shape index (κ1) is 17.2. The highest BCUT2D eigenvalue weighted by atomic mass is 32.2. The number of esters is 1. The van der Waals surface area contributed by atoms with Gasteiger partial charge in [-0.25, -0.2) is 4.79 Å². The van der Waals surface area contributed by atoms with Crippen LogP contribution in [0.15, 0.2) is 30.3 Å². The summed E-state index contributed by atoms with van der Waals surface area (Å²) in [5.74, 6) is -0.374. The Morgan fingerprint density at radius 1 is 1.24 bits per heavy atom. The molecule has 7 heteroatoms. The van der Waals surface area contributed by atoms with Crippen molar-refractivity contribution in [1.82, 2.24) is 4.31 Å². The molecule has 1 aromatic rings. The van der Waals surface area contributed by atoms with Crippen LogP contribution < -0.4 is 4.18 Å². The van der Waals surface area contributed by atoms with Gasteiger partial charge in [-0.15, -0.1) is 0 Å². The lowest BCUT2D eigenvalue weighted by atomic mass is 10.2. The normalized spacial score (nSPS) is 11.8. The summed E-state index contributed by atoms with van der Waals surface area (Å²) in [4.78, 5) is 11.1. The molecule has 0 aromatic heterocycles. The summed E-state index contributed by atoms with van der Waals surface area (Å²) in [5, 5.41) is 0. The van der Waals surface area contributed by atoms with Crippen LogP contribution in [0.3, 0.4) is 0 Å². The third-order valence-corrected chi connectivity index (χ3v) is 4.27. The van der Waals surface area contributed by atoms with Crippen LogP contribution in [0.1, 0.15) is 19.4 Å². The van der Waals surface area contributed by atoms with E-state index >= 15 is 0 Å². The molecule has 0 fully saturated rings. The monoisotopic (exact) mass is 313 g/mol. The van der Waals surface area contributed by atoms with Gasteiger partial charge in [-0.2, -0.15) is 12.7 Å². The Balaban J connectivity index is 3.04. The number of hydrogen-bond acceptors (Lipinski definition) is 5. The zero-order chi connectivity index (χ0) is 15.9. The highest BCUT2D eigenvalue weighted by Crippen LogP contribution is 2.22. The molecule has 21 heavy (non-hydrogen) atoms. The molecule has 1 aromatic carbocycles. The van der Waals surface area contributed by atoms with Gasteiger partial charge in [0.25, 0.3) is 0 Å². The van der Waals surface area contributed by atoms with Gasteiger partial charge in [-0.1, -0.05) is 32.0 Å². The number of rotatable bonds is 7. The highest BCUT2D eigenvalue weighted by Gasteiger charge is 2.21. The van der Waals surface area contributed by atoms with Crippen molar-refractivity contribution in [3.8, 4) is 5.75 Å². The van der Waals surface area contributed by atoms with Crippen LogP contribution in [0.4, 0.5) is 0 Å². The van der Waals surface area contributed by atoms with Crippen LogP contribution in [-0.4, -0.2) is 38.9 Å². The zero-order valence-electron chi connectivity index (χ0n) is 12.3. The molecule has 0 spiro atoms. The smallest absolute Gasteiger partial charge is 0.385 e. The fourth-order valence-corrected chi connectivity index (χ4v) is 2.74. The topological polar surface area (TPSA) is 72.9 Å². The van der Waals surface area contributed by atoms with Gasteiger partial charge < -0.3 is 8.92 Å². The van der Waals surface area contributed by atoms with E-state index in [-0.39, 0.29) is 5.75 Å². The first-order valence-corrected chi connectivity index (χ1v) is 7.85. The molecular formula is C14H19NO5S. The van der Waals surface area contributed by atoms with E-state index in [1.165, 1.54) is 29.6 Å². The van der Waals surface area contributed by atoms with Gasteiger partial charge in [0.2, 0.25) is 0 Å². The standard InChI is InChI=1S/C14H19NO5S/c1-4-15(5-2)21(17,18)20-13-9-7-6-8-12(13)10-11-14(16)19-3/h6-11H,4-5H2,1-3H3/b11-10+.